The third-order valence-electron chi connectivity index (χ3n) is 3.00. The molecule has 0 heterocycles. The minimum atomic E-state index is 0.0378. The van der Waals surface area contributed by atoms with Crippen LogP contribution in [0.2, 0.25) is 0 Å². The summed E-state index contributed by atoms with van der Waals surface area (Å²) in [6.45, 7) is 6.75. The van der Waals surface area contributed by atoms with Crippen LogP contribution in [0.3, 0.4) is 0 Å². The largest absolute Gasteiger partial charge is 0.352 e. The molecule has 1 aromatic rings. The van der Waals surface area contributed by atoms with Gasteiger partial charge < -0.3 is 5.32 Å². The lowest BCUT2D eigenvalue weighted by Crippen LogP contribution is -2.26. The summed E-state index contributed by atoms with van der Waals surface area (Å²) in [5.41, 5.74) is 4.11. The van der Waals surface area contributed by atoms with Gasteiger partial charge >= 0.3 is 0 Å². The van der Waals surface area contributed by atoms with Gasteiger partial charge in [-0.3, -0.25) is 4.79 Å². The van der Waals surface area contributed by atoms with Crippen LogP contribution in [-0.4, -0.2) is 18.3 Å². The molecule has 0 atom stereocenters. The molecular weight excluding hydrogens is 246 g/mol. The molecule has 0 saturated carbocycles. The van der Waals surface area contributed by atoms with E-state index in [-0.39, 0.29) is 5.91 Å². The van der Waals surface area contributed by atoms with Crippen LogP contribution in [0.1, 0.15) is 46.3 Å². The SMILES string of the molecule is Cc1cc(C)c(C(=O)NCCCCCCl)c(C)c1. The van der Waals surface area contributed by atoms with E-state index in [1.54, 1.807) is 0 Å². The third-order valence-corrected chi connectivity index (χ3v) is 3.27. The van der Waals surface area contributed by atoms with E-state index in [1.165, 1.54) is 5.56 Å². The minimum Gasteiger partial charge on any atom is -0.352 e. The molecule has 1 amide bonds. The topological polar surface area (TPSA) is 29.1 Å². The predicted molar refractivity (Wildman–Crippen MR) is 77.6 cm³/mol. The number of halogens is 1. The Hall–Kier alpha value is -1.02. The Morgan fingerprint density at radius 3 is 2.28 bits per heavy atom. The van der Waals surface area contributed by atoms with Gasteiger partial charge in [0.2, 0.25) is 0 Å². The summed E-state index contributed by atoms with van der Waals surface area (Å²) in [4.78, 5) is 12.1. The summed E-state index contributed by atoms with van der Waals surface area (Å²) in [7, 11) is 0. The maximum Gasteiger partial charge on any atom is 0.251 e. The van der Waals surface area contributed by atoms with Gasteiger partial charge in [-0.05, 0) is 44.7 Å². The molecule has 0 spiro atoms. The van der Waals surface area contributed by atoms with Crippen LogP contribution in [0, 0.1) is 20.8 Å². The van der Waals surface area contributed by atoms with E-state index < -0.39 is 0 Å². The minimum absolute atomic E-state index is 0.0378. The number of carbonyl (C=O) groups is 1. The van der Waals surface area contributed by atoms with Gasteiger partial charge in [0.1, 0.15) is 0 Å². The van der Waals surface area contributed by atoms with E-state index >= 15 is 0 Å². The van der Waals surface area contributed by atoms with E-state index in [9.17, 15) is 4.79 Å². The molecule has 0 aliphatic heterocycles. The standard InChI is InChI=1S/C15H22ClNO/c1-11-9-12(2)14(13(3)10-11)15(18)17-8-6-4-5-7-16/h9-10H,4-8H2,1-3H3,(H,17,18). The molecule has 0 saturated heterocycles. The second kappa shape index (κ2) is 7.42. The van der Waals surface area contributed by atoms with Crippen molar-refractivity contribution in [3.05, 3.63) is 34.4 Å². The number of alkyl halides is 1. The van der Waals surface area contributed by atoms with Gasteiger partial charge in [-0.25, -0.2) is 0 Å². The van der Waals surface area contributed by atoms with Gasteiger partial charge in [-0.15, -0.1) is 11.6 Å². The summed E-state index contributed by atoms with van der Waals surface area (Å²) in [6.07, 6.45) is 3.07. The first-order valence-corrected chi connectivity index (χ1v) is 7.01. The summed E-state index contributed by atoms with van der Waals surface area (Å²) in [5.74, 6) is 0.736. The lowest BCUT2D eigenvalue weighted by molar-refractivity contribution is 0.0952. The summed E-state index contributed by atoms with van der Waals surface area (Å²) >= 11 is 5.61. The normalized spacial score (nSPS) is 10.4. The zero-order chi connectivity index (χ0) is 13.5. The molecule has 3 heteroatoms. The monoisotopic (exact) mass is 267 g/mol. The van der Waals surface area contributed by atoms with Crippen molar-refractivity contribution >= 4 is 17.5 Å². The van der Waals surface area contributed by atoms with Gasteiger partial charge in [0.05, 0.1) is 0 Å². The van der Waals surface area contributed by atoms with E-state index in [0.29, 0.717) is 5.88 Å². The highest BCUT2D eigenvalue weighted by atomic mass is 35.5. The van der Waals surface area contributed by atoms with E-state index in [1.807, 2.05) is 20.8 Å². The second-order valence-electron chi connectivity index (χ2n) is 4.78. The van der Waals surface area contributed by atoms with Crippen LogP contribution in [0.15, 0.2) is 12.1 Å². The van der Waals surface area contributed by atoms with E-state index in [2.05, 4.69) is 17.4 Å². The molecule has 0 aromatic heterocycles. The number of rotatable bonds is 6. The number of benzene rings is 1. The smallest absolute Gasteiger partial charge is 0.251 e. The van der Waals surface area contributed by atoms with Crippen LogP contribution in [0.25, 0.3) is 0 Å². The van der Waals surface area contributed by atoms with Crippen LogP contribution in [0.5, 0.6) is 0 Å². The van der Waals surface area contributed by atoms with Gasteiger partial charge in [0.25, 0.3) is 5.91 Å². The maximum absolute atomic E-state index is 12.1. The molecule has 0 unspecified atom stereocenters. The zero-order valence-corrected chi connectivity index (χ0v) is 12.2. The first kappa shape index (κ1) is 15.0. The first-order valence-electron chi connectivity index (χ1n) is 6.48. The summed E-state index contributed by atoms with van der Waals surface area (Å²) in [6, 6.07) is 4.10. The van der Waals surface area contributed by atoms with Gasteiger partial charge in [0, 0.05) is 18.0 Å². The van der Waals surface area contributed by atoms with Gasteiger partial charge in [0.15, 0.2) is 0 Å². The van der Waals surface area contributed by atoms with Crippen LogP contribution < -0.4 is 5.32 Å². The molecule has 100 valence electrons. The fourth-order valence-electron chi connectivity index (χ4n) is 2.22. The molecule has 2 nitrogen and oxygen atoms in total. The molecular formula is C15H22ClNO. The fraction of sp³-hybridized carbons (Fsp3) is 0.533. The van der Waals surface area contributed by atoms with Crippen molar-refractivity contribution in [1.82, 2.24) is 5.32 Å². The van der Waals surface area contributed by atoms with Crippen molar-refractivity contribution in [3.8, 4) is 0 Å². The van der Waals surface area contributed by atoms with Crippen molar-refractivity contribution in [2.45, 2.75) is 40.0 Å². The number of aryl methyl sites for hydroxylation is 3. The summed E-state index contributed by atoms with van der Waals surface area (Å²) in [5, 5.41) is 2.98. The molecule has 1 rings (SSSR count). The second-order valence-corrected chi connectivity index (χ2v) is 5.16. The molecule has 0 bridgehead atoms. The third kappa shape index (κ3) is 4.34. The highest BCUT2D eigenvalue weighted by Crippen LogP contribution is 2.16. The lowest BCUT2D eigenvalue weighted by atomic mass is 9.99. The number of unbranched alkanes of at least 4 members (excludes halogenated alkanes) is 2. The fourth-order valence-corrected chi connectivity index (χ4v) is 2.41. The van der Waals surface area contributed by atoms with Crippen molar-refractivity contribution in [2.75, 3.05) is 12.4 Å². The first-order chi connectivity index (χ1) is 8.56. The Morgan fingerprint density at radius 2 is 1.72 bits per heavy atom. The lowest BCUT2D eigenvalue weighted by Gasteiger charge is -2.11. The highest BCUT2D eigenvalue weighted by molar-refractivity contribution is 6.17. The molecule has 1 aromatic carbocycles. The predicted octanol–water partition coefficient (Wildman–Crippen LogP) is 3.75. The van der Waals surface area contributed by atoms with Crippen LogP contribution >= 0.6 is 11.6 Å². The number of nitrogens with one attached hydrogen (secondary N) is 1. The summed E-state index contributed by atoms with van der Waals surface area (Å²) < 4.78 is 0. The molecule has 0 radical (unpaired) electrons. The van der Waals surface area contributed by atoms with E-state index in [0.717, 1.165) is 42.5 Å². The van der Waals surface area contributed by atoms with E-state index in [4.69, 9.17) is 11.6 Å². The van der Waals surface area contributed by atoms with Gasteiger partial charge in [-0.2, -0.15) is 0 Å². The van der Waals surface area contributed by atoms with Crippen molar-refractivity contribution < 1.29 is 4.79 Å². The molecule has 0 fully saturated rings. The molecule has 18 heavy (non-hydrogen) atoms. The van der Waals surface area contributed by atoms with Crippen molar-refractivity contribution in [2.24, 2.45) is 0 Å². The Balaban J connectivity index is 2.57. The molecule has 0 aliphatic carbocycles. The number of carbonyl (C=O) groups excluding carboxylic acids is 1. The maximum atomic E-state index is 12.1. The number of amides is 1. The van der Waals surface area contributed by atoms with Crippen molar-refractivity contribution in [1.29, 1.82) is 0 Å². The quantitative estimate of drug-likeness (QED) is 0.617. The Bertz CT molecular complexity index is 392. The Labute approximate surface area is 115 Å². The molecule has 1 N–H and O–H groups in total. The Morgan fingerprint density at radius 1 is 1.11 bits per heavy atom. The molecule has 0 aliphatic rings. The highest BCUT2D eigenvalue weighted by Gasteiger charge is 2.11. The number of hydrogen-bond acceptors (Lipinski definition) is 1. The Kier molecular flexibility index (Phi) is 6.20. The van der Waals surface area contributed by atoms with Crippen molar-refractivity contribution in [3.63, 3.8) is 0 Å². The van der Waals surface area contributed by atoms with Crippen LogP contribution in [0.4, 0.5) is 0 Å². The average molecular weight is 268 g/mol. The zero-order valence-electron chi connectivity index (χ0n) is 11.5. The van der Waals surface area contributed by atoms with Gasteiger partial charge in [-0.1, -0.05) is 24.1 Å². The number of hydrogen-bond donors (Lipinski definition) is 1. The van der Waals surface area contributed by atoms with Crippen LogP contribution in [-0.2, 0) is 0 Å². The average Bonchev–Trinajstić information content (AvgIpc) is 2.27.